The normalized spacial score (nSPS) is 12.4. The Labute approximate surface area is 430 Å². The second kappa shape index (κ2) is 23.1. The van der Waals surface area contributed by atoms with Crippen molar-refractivity contribution in [2.75, 3.05) is 30.1 Å². The number of hydrogen-bond donors (Lipinski definition) is 6. The summed E-state index contributed by atoms with van der Waals surface area (Å²) in [7, 11) is 1.32. The number of nitrogens with one attached hydrogen (secondary N) is 6. The van der Waals surface area contributed by atoms with Gasteiger partial charge in [0, 0.05) is 44.9 Å². The summed E-state index contributed by atoms with van der Waals surface area (Å²) in [5.74, 6) is 1.31. The zero-order valence-electron chi connectivity index (χ0n) is 39.1. The van der Waals surface area contributed by atoms with E-state index in [0.717, 1.165) is 91.9 Å². The van der Waals surface area contributed by atoms with Crippen LogP contribution in [0.15, 0.2) is 114 Å². The lowest BCUT2D eigenvalue weighted by molar-refractivity contribution is -0.0515. The van der Waals surface area contributed by atoms with Gasteiger partial charge in [0.05, 0.1) is 74.3 Å². The molecule has 2 amide bonds. The van der Waals surface area contributed by atoms with Crippen LogP contribution in [0, 0.1) is 5.92 Å². The van der Waals surface area contributed by atoms with Gasteiger partial charge in [-0.15, -0.1) is 11.8 Å². The van der Waals surface area contributed by atoms with Crippen molar-refractivity contribution < 1.29 is 32.6 Å². The largest absolute Gasteiger partial charge is 0.489 e. The van der Waals surface area contributed by atoms with Crippen molar-refractivity contribution in [3.8, 4) is 11.5 Å². The molecule has 0 atom stereocenters. The third-order valence-corrected chi connectivity index (χ3v) is 12.8. The standard InChI is InChI=1S/C24H17N5.C17H14Cl2F2N2O3.C12H15N3O2S/c1-2-16-12-18-4-6-20(27-18)14-22-8-10-24(29-22)23-9-7-21(28-23)13-19-5-3-17(26-19)11-15(1)25-16;18-11-6-22-7-12(19)15(11)23-16(24)10-3-4-13(26-17(20)21)14(5-10)25-8-9-1-2-9;1-3-6-18-8-4-5-9-10(7-8)14-11(13-9)15-12(16)17-2/h1-14,25,28-29H;3-7,9,17H,1-2,8H2,(H,22,23,24);4-5,7H,3,6H2,1-2H3,(H2,13,14,15,16). The average molecular weight is 1040 g/mol. The van der Waals surface area contributed by atoms with Gasteiger partial charge in [-0.3, -0.25) is 15.1 Å². The predicted molar refractivity (Wildman–Crippen MR) is 286 cm³/mol. The Hall–Kier alpha value is -7.93. The zero-order valence-corrected chi connectivity index (χ0v) is 41.5. The Morgan fingerprint density at radius 3 is 1.84 bits per heavy atom. The Balaban J connectivity index is 0.000000139. The van der Waals surface area contributed by atoms with Crippen molar-refractivity contribution in [1.29, 1.82) is 0 Å². The van der Waals surface area contributed by atoms with Gasteiger partial charge in [0.25, 0.3) is 5.91 Å². The first kappa shape index (κ1) is 50.0. The van der Waals surface area contributed by atoms with Gasteiger partial charge in [-0.05, 0) is 152 Å². The van der Waals surface area contributed by atoms with Crippen molar-refractivity contribution in [3.05, 3.63) is 148 Å². The van der Waals surface area contributed by atoms with Gasteiger partial charge in [0.2, 0.25) is 5.95 Å². The number of hydrogen-bond acceptors (Lipinski definition) is 10. The monoisotopic (exact) mass is 1040 g/mol. The lowest BCUT2D eigenvalue weighted by atomic mass is 10.2. The van der Waals surface area contributed by atoms with E-state index < -0.39 is 18.6 Å². The van der Waals surface area contributed by atoms with Crippen molar-refractivity contribution in [2.24, 2.45) is 5.92 Å². The zero-order chi connectivity index (χ0) is 50.8. The number of methoxy groups -OCH3 is 1. The van der Waals surface area contributed by atoms with Crippen molar-refractivity contribution in [1.82, 2.24) is 39.9 Å². The molecule has 1 aliphatic carbocycles. The van der Waals surface area contributed by atoms with Gasteiger partial charge >= 0.3 is 12.7 Å². The number of anilines is 2. The van der Waals surface area contributed by atoms with Crippen LogP contribution in [0.5, 0.6) is 11.5 Å². The third-order valence-electron chi connectivity index (χ3n) is 11.0. The molecule has 0 saturated heterocycles. The Bertz CT molecular complexity index is 3460. The highest BCUT2D eigenvalue weighted by Gasteiger charge is 2.24. The van der Waals surface area contributed by atoms with Crippen molar-refractivity contribution in [3.63, 3.8) is 0 Å². The maximum atomic E-state index is 12.6. The molecule has 0 unspecified atom stereocenters. The number of benzene rings is 2. The number of rotatable bonds is 11. The Morgan fingerprint density at radius 1 is 0.699 bits per heavy atom. The minimum Gasteiger partial charge on any atom is -0.489 e. The molecule has 2 aromatic carbocycles. The van der Waals surface area contributed by atoms with E-state index in [1.54, 1.807) is 11.8 Å². The van der Waals surface area contributed by atoms with E-state index in [2.05, 4.69) is 93.3 Å². The summed E-state index contributed by atoms with van der Waals surface area (Å²) in [5.41, 5.74) is 11.9. The van der Waals surface area contributed by atoms with E-state index in [0.29, 0.717) is 18.5 Å². The molecule has 6 aromatic heterocycles. The minimum atomic E-state index is -2.99. The highest BCUT2D eigenvalue weighted by molar-refractivity contribution is 7.99. The van der Waals surface area contributed by atoms with Gasteiger partial charge in [0.15, 0.2) is 11.5 Å². The van der Waals surface area contributed by atoms with Gasteiger partial charge in [-0.2, -0.15) is 8.78 Å². The summed E-state index contributed by atoms with van der Waals surface area (Å²) in [6, 6.07) is 30.5. The first-order chi connectivity index (χ1) is 35.4. The fraction of sp³-hybridized carbons (Fsp3) is 0.170. The molecule has 10 bridgehead atoms. The molecule has 15 nitrogen and oxygen atoms in total. The van der Waals surface area contributed by atoms with Gasteiger partial charge in [-0.1, -0.05) is 30.1 Å². The number of nitrogens with zero attached hydrogens (tertiary/aromatic N) is 4. The molecule has 11 rings (SSSR count). The van der Waals surface area contributed by atoms with Crippen LogP contribution in [0.4, 0.5) is 25.2 Å². The number of imidazole rings is 1. The lowest BCUT2D eigenvalue weighted by Crippen LogP contribution is -2.14. The molecule has 2 aliphatic heterocycles. The molecule has 1 fully saturated rings. The summed E-state index contributed by atoms with van der Waals surface area (Å²) < 4.78 is 39.6. The lowest BCUT2D eigenvalue weighted by Gasteiger charge is -2.14. The third kappa shape index (κ3) is 13.5. The maximum Gasteiger partial charge on any atom is 0.413 e. The molecular weight excluding hydrogens is 998 g/mol. The number of alkyl halides is 2. The molecular formula is C53H46Cl2F2N10O5S. The van der Waals surface area contributed by atoms with Crippen LogP contribution in [-0.2, 0) is 4.74 Å². The number of aromatic nitrogens is 8. The van der Waals surface area contributed by atoms with E-state index >= 15 is 0 Å². The highest BCUT2D eigenvalue weighted by Crippen LogP contribution is 2.35. The second-order valence-electron chi connectivity index (χ2n) is 16.6. The molecule has 0 spiro atoms. The summed E-state index contributed by atoms with van der Waals surface area (Å²) in [5, 5.41) is 5.43. The average Bonchev–Trinajstić information content (AvgIpc) is 4.07. The van der Waals surface area contributed by atoms with Crippen LogP contribution >= 0.6 is 35.0 Å². The SMILES string of the molecule is C1=Cc2cc3ccc([nH]3)c3ccc(cc4nc(cc5ccc(cc1n2)[nH]5)C=C4)[nH]3.CCCSc1ccc2[nH]c(NC(=O)OC)nc2c1.O=C(Nc1c(Cl)cncc1Cl)c1ccc(OC(F)F)c(OCC2CC2)c1. The van der Waals surface area contributed by atoms with Crippen LogP contribution in [0.3, 0.4) is 0 Å². The highest BCUT2D eigenvalue weighted by atomic mass is 35.5. The minimum absolute atomic E-state index is 0.0803. The first-order valence-electron chi connectivity index (χ1n) is 23.0. The fourth-order valence-electron chi connectivity index (χ4n) is 7.32. The van der Waals surface area contributed by atoms with Crippen LogP contribution in [-0.4, -0.2) is 78.0 Å². The molecule has 6 N–H and O–H groups in total. The van der Waals surface area contributed by atoms with Gasteiger partial charge in [-0.25, -0.2) is 19.7 Å². The fourth-order valence-corrected chi connectivity index (χ4v) is 8.58. The topological polar surface area (TPSA) is 201 Å². The number of pyridine rings is 1. The number of carbonyl (C=O) groups is 2. The van der Waals surface area contributed by atoms with E-state index in [-0.39, 0.29) is 32.8 Å². The van der Waals surface area contributed by atoms with Crippen LogP contribution in [0.2, 0.25) is 10.0 Å². The van der Waals surface area contributed by atoms with Crippen molar-refractivity contribution >= 4 is 127 Å². The Morgan fingerprint density at radius 2 is 1.27 bits per heavy atom. The maximum absolute atomic E-state index is 12.6. The Kier molecular flexibility index (Phi) is 15.8. The van der Waals surface area contributed by atoms with Crippen LogP contribution in [0.25, 0.3) is 68.4 Å². The summed E-state index contributed by atoms with van der Waals surface area (Å²) >= 11 is 13.8. The number of fused-ring (bicyclic) bond motifs is 12. The van der Waals surface area contributed by atoms with Gasteiger partial charge in [0.1, 0.15) is 0 Å². The molecule has 372 valence electrons. The second-order valence-corrected chi connectivity index (χ2v) is 18.6. The van der Waals surface area contributed by atoms with E-state index in [9.17, 15) is 18.4 Å². The van der Waals surface area contributed by atoms with E-state index in [1.165, 1.54) is 42.6 Å². The molecule has 8 heterocycles. The summed E-state index contributed by atoms with van der Waals surface area (Å²) in [6.07, 6.45) is 13.4. The van der Waals surface area contributed by atoms with Crippen molar-refractivity contribution in [2.45, 2.75) is 37.7 Å². The number of ether oxygens (including phenoxy) is 3. The number of carbonyl (C=O) groups excluding carboxylic acids is 2. The van der Waals surface area contributed by atoms with E-state index in [4.69, 9.17) is 37.9 Å². The molecule has 73 heavy (non-hydrogen) atoms. The number of amides is 2. The van der Waals surface area contributed by atoms with Gasteiger partial charge < -0.3 is 39.5 Å². The molecule has 3 aliphatic rings. The molecule has 8 aromatic rings. The first-order valence-corrected chi connectivity index (χ1v) is 24.7. The number of thioether (sulfide) groups is 1. The predicted octanol–water partition coefficient (Wildman–Crippen LogP) is 14.0. The van der Waals surface area contributed by atoms with E-state index in [1.807, 2.05) is 66.8 Å². The summed E-state index contributed by atoms with van der Waals surface area (Å²) in [6.45, 7) is -0.460. The molecule has 0 radical (unpaired) electrons. The number of aromatic amines is 4. The quantitative estimate of drug-likeness (QED) is 0.0677. The van der Waals surface area contributed by atoms with Crippen LogP contribution < -0.4 is 20.1 Å². The number of H-pyrrole nitrogens is 4. The van der Waals surface area contributed by atoms with Crippen LogP contribution in [0.1, 0.15) is 59.3 Å². The summed E-state index contributed by atoms with van der Waals surface area (Å²) in [4.78, 5) is 55.5. The number of halogens is 4. The smallest absolute Gasteiger partial charge is 0.413 e. The molecule has 20 heteroatoms. The molecule has 1 saturated carbocycles.